The van der Waals surface area contributed by atoms with E-state index in [0.717, 1.165) is 70.4 Å². The SMILES string of the molecule is CC[C@H]1CN(c2nc(N)c(C(=O)NC3CC3)nc2Cl)CCN1C1CCN(Cc2ccc(Cl)cc2S(C)(=O)=O)CC1. The van der Waals surface area contributed by atoms with Gasteiger partial charge in [0, 0.05) is 55.6 Å². The highest BCUT2D eigenvalue weighted by Gasteiger charge is 2.35. The van der Waals surface area contributed by atoms with Crippen molar-refractivity contribution in [3.05, 3.63) is 39.6 Å². The molecule has 3 fully saturated rings. The number of carbonyl (C=O) groups is 1. The van der Waals surface area contributed by atoms with E-state index in [1.165, 1.54) is 6.26 Å². The Hall–Kier alpha value is -2.18. The molecule has 2 aromatic rings. The molecule has 0 radical (unpaired) electrons. The van der Waals surface area contributed by atoms with E-state index >= 15 is 0 Å². The minimum atomic E-state index is -3.36. The summed E-state index contributed by atoms with van der Waals surface area (Å²) in [5.74, 6) is 0.298. The molecular weight excluding hydrogens is 573 g/mol. The number of benzene rings is 1. The van der Waals surface area contributed by atoms with Crippen LogP contribution >= 0.6 is 23.2 Å². The number of piperidine rings is 1. The summed E-state index contributed by atoms with van der Waals surface area (Å²) in [5, 5.41) is 3.51. The van der Waals surface area contributed by atoms with E-state index in [1.807, 2.05) is 6.07 Å². The largest absolute Gasteiger partial charge is 0.382 e. The summed E-state index contributed by atoms with van der Waals surface area (Å²) in [4.78, 5) is 28.6. The molecule has 0 unspecified atom stereocenters. The van der Waals surface area contributed by atoms with Gasteiger partial charge in [0.1, 0.15) is 0 Å². The molecule has 0 bridgehead atoms. The van der Waals surface area contributed by atoms with Crippen molar-refractivity contribution in [3.8, 4) is 0 Å². The molecule has 1 aromatic carbocycles. The van der Waals surface area contributed by atoms with Gasteiger partial charge in [-0.15, -0.1) is 0 Å². The Balaban J connectivity index is 1.20. The maximum atomic E-state index is 12.5. The first kappa shape index (κ1) is 29.3. The van der Waals surface area contributed by atoms with Crippen LogP contribution in [0, 0.1) is 0 Å². The fourth-order valence-corrected chi connectivity index (χ4v) is 7.26. The number of likely N-dealkylation sites (tertiary alicyclic amines) is 1. The quantitative estimate of drug-likeness (QED) is 0.464. The standard InChI is InChI=1S/C27H37Cl2N7O3S/c1-3-20-16-35(26-24(29)32-23(25(30)33-26)27(37)31-19-6-7-19)12-13-36(20)21-8-10-34(11-9-21)15-17-4-5-18(28)14-22(17)40(2,38)39/h4-5,14,19-21H,3,6-13,15-16H2,1-2H3,(H2,30,33)(H,31,37)/t20-/m0/s1. The molecule has 1 saturated carbocycles. The molecule has 2 aliphatic heterocycles. The number of hydrogen-bond acceptors (Lipinski definition) is 9. The van der Waals surface area contributed by atoms with Crippen LogP contribution in [0.1, 0.15) is 55.1 Å². The van der Waals surface area contributed by atoms with Gasteiger partial charge in [-0.25, -0.2) is 18.4 Å². The number of anilines is 2. The van der Waals surface area contributed by atoms with E-state index in [9.17, 15) is 13.2 Å². The van der Waals surface area contributed by atoms with Crippen LogP contribution in [0.4, 0.5) is 11.6 Å². The Kier molecular flexibility index (Phi) is 8.77. The van der Waals surface area contributed by atoms with Gasteiger partial charge in [-0.2, -0.15) is 0 Å². The number of hydrogen-bond donors (Lipinski definition) is 2. The average molecular weight is 611 g/mol. The third kappa shape index (κ3) is 6.65. The van der Waals surface area contributed by atoms with Crippen LogP contribution in [-0.4, -0.2) is 91.2 Å². The van der Waals surface area contributed by atoms with Gasteiger partial charge in [0.2, 0.25) is 0 Å². The van der Waals surface area contributed by atoms with Gasteiger partial charge in [-0.3, -0.25) is 14.6 Å². The summed E-state index contributed by atoms with van der Waals surface area (Å²) in [6.07, 6.45) is 6.17. The van der Waals surface area contributed by atoms with Crippen LogP contribution in [0.5, 0.6) is 0 Å². The zero-order valence-corrected chi connectivity index (χ0v) is 25.3. The lowest BCUT2D eigenvalue weighted by atomic mass is 9.98. The molecule has 0 spiro atoms. The highest BCUT2D eigenvalue weighted by molar-refractivity contribution is 7.90. The number of nitrogens with zero attached hydrogens (tertiary/aromatic N) is 5. The van der Waals surface area contributed by atoms with E-state index in [2.05, 4.69) is 36.9 Å². The predicted octanol–water partition coefficient (Wildman–Crippen LogP) is 3.23. The minimum Gasteiger partial charge on any atom is -0.382 e. The second kappa shape index (κ2) is 12.0. The predicted molar refractivity (Wildman–Crippen MR) is 158 cm³/mol. The maximum absolute atomic E-state index is 12.5. The molecule has 10 nitrogen and oxygen atoms in total. The monoisotopic (exact) mass is 609 g/mol. The van der Waals surface area contributed by atoms with Crippen molar-refractivity contribution in [2.75, 3.05) is 49.6 Å². The molecule has 3 aliphatic rings. The molecule has 2 saturated heterocycles. The Morgan fingerprint density at radius 1 is 1.10 bits per heavy atom. The number of halogens is 2. The van der Waals surface area contributed by atoms with Crippen molar-refractivity contribution < 1.29 is 13.2 Å². The van der Waals surface area contributed by atoms with Gasteiger partial charge >= 0.3 is 0 Å². The van der Waals surface area contributed by atoms with Crippen molar-refractivity contribution in [1.82, 2.24) is 25.1 Å². The lowest BCUT2D eigenvalue weighted by Crippen LogP contribution is -2.58. The minimum absolute atomic E-state index is 0.0837. The zero-order chi connectivity index (χ0) is 28.6. The first-order valence-electron chi connectivity index (χ1n) is 13.9. The van der Waals surface area contributed by atoms with Crippen LogP contribution in [0.25, 0.3) is 0 Å². The number of nitrogens with two attached hydrogens (primary N) is 1. The third-order valence-corrected chi connectivity index (χ3v) is 9.81. The number of carbonyl (C=O) groups excluding carboxylic acids is 1. The summed E-state index contributed by atoms with van der Waals surface area (Å²) >= 11 is 12.6. The van der Waals surface area contributed by atoms with Gasteiger partial charge in [0.25, 0.3) is 5.91 Å². The molecule has 5 rings (SSSR count). The van der Waals surface area contributed by atoms with Crippen LogP contribution in [0.15, 0.2) is 23.1 Å². The van der Waals surface area contributed by atoms with E-state index in [1.54, 1.807) is 12.1 Å². The Bertz CT molecular complexity index is 1360. The summed E-state index contributed by atoms with van der Waals surface area (Å²) < 4.78 is 24.6. The van der Waals surface area contributed by atoms with E-state index in [4.69, 9.17) is 28.9 Å². The lowest BCUT2D eigenvalue weighted by Gasteiger charge is -2.47. The number of piperazine rings is 1. The summed E-state index contributed by atoms with van der Waals surface area (Å²) in [5.41, 5.74) is 7.01. The molecule has 3 N–H and O–H groups in total. The number of sulfone groups is 1. The maximum Gasteiger partial charge on any atom is 0.274 e. The Morgan fingerprint density at radius 3 is 2.48 bits per heavy atom. The van der Waals surface area contributed by atoms with Crippen molar-refractivity contribution in [2.24, 2.45) is 0 Å². The molecule has 40 heavy (non-hydrogen) atoms. The van der Waals surface area contributed by atoms with E-state index in [-0.39, 0.29) is 28.6 Å². The smallest absolute Gasteiger partial charge is 0.274 e. The second-order valence-electron chi connectivity index (χ2n) is 11.1. The molecule has 1 atom stereocenters. The summed E-state index contributed by atoms with van der Waals surface area (Å²) in [6.45, 7) is 6.92. The van der Waals surface area contributed by atoms with E-state index in [0.29, 0.717) is 34.4 Å². The third-order valence-electron chi connectivity index (χ3n) is 8.14. The van der Waals surface area contributed by atoms with Crippen molar-refractivity contribution >= 4 is 50.6 Å². The number of nitrogen functional groups attached to an aromatic ring is 1. The van der Waals surface area contributed by atoms with Crippen molar-refractivity contribution in [1.29, 1.82) is 0 Å². The fraction of sp³-hybridized carbons (Fsp3) is 0.593. The van der Waals surface area contributed by atoms with Crippen LogP contribution in [0.2, 0.25) is 10.2 Å². The molecule has 218 valence electrons. The fourth-order valence-electron chi connectivity index (χ4n) is 5.83. The molecule has 1 aromatic heterocycles. The van der Waals surface area contributed by atoms with Gasteiger partial charge in [0.15, 0.2) is 32.3 Å². The molecule has 1 amide bonds. The number of amides is 1. The first-order valence-corrected chi connectivity index (χ1v) is 16.5. The second-order valence-corrected chi connectivity index (χ2v) is 13.9. The number of nitrogens with one attached hydrogen (secondary N) is 1. The van der Waals surface area contributed by atoms with Crippen LogP contribution < -0.4 is 16.0 Å². The average Bonchev–Trinajstić information content (AvgIpc) is 3.74. The highest BCUT2D eigenvalue weighted by atomic mass is 35.5. The number of rotatable bonds is 8. The topological polar surface area (TPSA) is 125 Å². The van der Waals surface area contributed by atoms with Crippen LogP contribution in [0.3, 0.4) is 0 Å². The molecule has 1 aliphatic carbocycles. The lowest BCUT2D eigenvalue weighted by molar-refractivity contribution is 0.0608. The zero-order valence-electron chi connectivity index (χ0n) is 22.9. The van der Waals surface area contributed by atoms with Gasteiger partial charge < -0.3 is 16.0 Å². The van der Waals surface area contributed by atoms with Crippen LogP contribution in [-0.2, 0) is 16.4 Å². The summed E-state index contributed by atoms with van der Waals surface area (Å²) in [7, 11) is -3.36. The molecule has 13 heteroatoms. The highest BCUT2D eigenvalue weighted by Crippen LogP contribution is 2.31. The van der Waals surface area contributed by atoms with Gasteiger partial charge in [-0.1, -0.05) is 36.2 Å². The van der Waals surface area contributed by atoms with E-state index < -0.39 is 9.84 Å². The van der Waals surface area contributed by atoms with Crippen molar-refractivity contribution in [3.63, 3.8) is 0 Å². The molecular formula is C27H37Cl2N7O3S. The number of aromatic nitrogens is 2. The van der Waals surface area contributed by atoms with Crippen molar-refractivity contribution in [2.45, 2.75) is 68.6 Å². The Morgan fingerprint density at radius 2 is 1.82 bits per heavy atom. The molecule has 3 heterocycles. The first-order chi connectivity index (χ1) is 19.0. The van der Waals surface area contributed by atoms with Gasteiger partial charge in [-0.05, 0) is 62.9 Å². The normalized spacial score (nSPS) is 21.5. The summed E-state index contributed by atoms with van der Waals surface area (Å²) in [6, 6.07) is 6.08. The van der Waals surface area contributed by atoms with Gasteiger partial charge in [0.05, 0.1) is 4.90 Å². The Labute approximate surface area is 246 Å².